The molecule has 5 heteroatoms. The smallest absolute Gasteiger partial charge is 0.230 e. The van der Waals surface area contributed by atoms with Crippen molar-refractivity contribution in [2.24, 2.45) is 5.73 Å². The molecule has 3 nitrogen and oxygen atoms in total. The molecule has 0 spiro atoms. The molecule has 2 rings (SSSR count). The third kappa shape index (κ3) is 3.85. The first-order valence-electron chi connectivity index (χ1n) is 6.43. The third-order valence-electron chi connectivity index (χ3n) is 3.48. The molecule has 0 saturated heterocycles. The van der Waals surface area contributed by atoms with E-state index in [-0.39, 0.29) is 23.7 Å². The van der Waals surface area contributed by atoms with Gasteiger partial charge in [-0.25, -0.2) is 0 Å². The maximum absolute atomic E-state index is 12.2. The summed E-state index contributed by atoms with van der Waals surface area (Å²) >= 11 is 5.98. The second-order valence-electron chi connectivity index (χ2n) is 4.84. The summed E-state index contributed by atoms with van der Waals surface area (Å²) in [4.78, 5) is 12.2. The Labute approximate surface area is 125 Å². The molecule has 1 fully saturated rings. The molecule has 1 amide bonds. The van der Waals surface area contributed by atoms with E-state index in [1.807, 2.05) is 24.3 Å². The fourth-order valence-electron chi connectivity index (χ4n) is 2.20. The monoisotopic (exact) mass is 302 g/mol. The van der Waals surface area contributed by atoms with Crippen LogP contribution in [0.25, 0.3) is 0 Å². The molecule has 0 atom stereocenters. The van der Waals surface area contributed by atoms with E-state index < -0.39 is 0 Å². The molecule has 1 aromatic rings. The fourth-order valence-corrected chi connectivity index (χ4v) is 2.39. The normalized spacial score (nSPS) is 15.5. The SMILES string of the molecule is Cl.NCCCCNC(=O)C1(c2cccc(Cl)c2)CC1. The van der Waals surface area contributed by atoms with Gasteiger partial charge in [0, 0.05) is 11.6 Å². The van der Waals surface area contributed by atoms with Crippen LogP contribution in [0, 0.1) is 0 Å². The standard InChI is InChI=1S/C14H19ClN2O.ClH/c15-12-5-3-4-11(10-12)14(6-7-14)13(18)17-9-2-1-8-16;/h3-5,10H,1-2,6-9,16H2,(H,17,18);1H. The fraction of sp³-hybridized carbons (Fsp3) is 0.500. The highest BCUT2D eigenvalue weighted by Crippen LogP contribution is 2.48. The average molecular weight is 303 g/mol. The minimum absolute atomic E-state index is 0. The van der Waals surface area contributed by atoms with E-state index in [1.165, 1.54) is 0 Å². The van der Waals surface area contributed by atoms with Gasteiger partial charge in [-0.05, 0) is 49.9 Å². The minimum Gasteiger partial charge on any atom is -0.355 e. The van der Waals surface area contributed by atoms with Gasteiger partial charge in [-0.3, -0.25) is 4.79 Å². The number of amides is 1. The number of halogens is 2. The zero-order valence-corrected chi connectivity index (χ0v) is 12.4. The van der Waals surface area contributed by atoms with Crippen molar-refractivity contribution in [2.75, 3.05) is 13.1 Å². The maximum Gasteiger partial charge on any atom is 0.230 e. The van der Waals surface area contributed by atoms with E-state index >= 15 is 0 Å². The number of carbonyl (C=O) groups is 1. The van der Waals surface area contributed by atoms with Crippen molar-refractivity contribution >= 4 is 29.9 Å². The highest BCUT2D eigenvalue weighted by atomic mass is 35.5. The van der Waals surface area contributed by atoms with Gasteiger partial charge in [0.1, 0.15) is 0 Å². The Morgan fingerprint density at radius 3 is 2.68 bits per heavy atom. The average Bonchev–Trinajstić information content (AvgIpc) is 3.16. The second kappa shape index (κ2) is 7.13. The van der Waals surface area contributed by atoms with Gasteiger partial charge in [0.05, 0.1) is 5.41 Å². The third-order valence-corrected chi connectivity index (χ3v) is 3.71. The molecule has 0 bridgehead atoms. The summed E-state index contributed by atoms with van der Waals surface area (Å²) in [6.45, 7) is 1.38. The van der Waals surface area contributed by atoms with Gasteiger partial charge in [-0.15, -0.1) is 12.4 Å². The van der Waals surface area contributed by atoms with E-state index in [9.17, 15) is 4.79 Å². The van der Waals surface area contributed by atoms with Crippen LogP contribution >= 0.6 is 24.0 Å². The Morgan fingerprint density at radius 2 is 2.11 bits per heavy atom. The quantitative estimate of drug-likeness (QED) is 0.794. The Bertz CT molecular complexity index is 433. The molecule has 19 heavy (non-hydrogen) atoms. The molecular formula is C14H20Cl2N2O. The van der Waals surface area contributed by atoms with Crippen molar-refractivity contribution < 1.29 is 4.79 Å². The summed E-state index contributed by atoms with van der Waals surface area (Å²) in [7, 11) is 0. The van der Waals surface area contributed by atoms with E-state index in [2.05, 4.69) is 5.32 Å². The number of rotatable bonds is 6. The van der Waals surface area contributed by atoms with Crippen LogP contribution in [0.5, 0.6) is 0 Å². The molecule has 0 radical (unpaired) electrons. The minimum atomic E-state index is -0.326. The van der Waals surface area contributed by atoms with Crippen molar-refractivity contribution in [1.29, 1.82) is 0 Å². The van der Waals surface area contributed by atoms with Crippen LogP contribution in [0.4, 0.5) is 0 Å². The summed E-state index contributed by atoms with van der Waals surface area (Å²) in [6, 6.07) is 7.62. The highest BCUT2D eigenvalue weighted by molar-refractivity contribution is 6.30. The van der Waals surface area contributed by atoms with Gasteiger partial charge in [-0.1, -0.05) is 23.7 Å². The number of hydrogen-bond donors (Lipinski definition) is 2. The molecule has 3 N–H and O–H groups in total. The molecule has 0 aliphatic heterocycles. The zero-order chi connectivity index (χ0) is 13.0. The molecule has 1 aliphatic carbocycles. The molecule has 1 aromatic carbocycles. The first-order valence-corrected chi connectivity index (χ1v) is 6.81. The number of carbonyl (C=O) groups excluding carboxylic acids is 1. The maximum atomic E-state index is 12.2. The molecule has 1 saturated carbocycles. The Morgan fingerprint density at radius 1 is 1.37 bits per heavy atom. The summed E-state index contributed by atoms with van der Waals surface area (Å²) in [5.41, 5.74) is 6.13. The van der Waals surface area contributed by atoms with E-state index in [4.69, 9.17) is 17.3 Å². The lowest BCUT2D eigenvalue weighted by Gasteiger charge is -2.16. The lowest BCUT2D eigenvalue weighted by atomic mass is 9.95. The predicted molar refractivity (Wildman–Crippen MR) is 80.9 cm³/mol. The number of unbranched alkanes of at least 4 members (excludes halogenated alkanes) is 1. The summed E-state index contributed by atoms with van der Waals surface area (Å²) in [6.07, 6.45) is 3.71. The molecule has 0 unspecified atom stereocenters. The van der Waals surface area contributed by atoms with Crippen molar-refractivity contribution in [3.8, 4) is 0 Å². The van der Waals surface area contributed by atoms with E-state index in [0.29, 0.717) is 18.1 Å². The summed E-state index contributed by atoms with van der Waals surface area (Å²) < 4.78 is 0. The second-order valence-corrected chi connectivity index (χ2v) is 5.28. The van der Waals surface area contributed by atoms with Gasteiger partial charge in [0.25, 0.3) is 0 Å². The van der Waals surface area contributed by atoms with Gasteiger partial charge in [-0.2, -0.15) is 0 Å². The van der Waals surface area contributed by atoms with E-state index in [1.54, 1.807) is 0 Å². The first-order chi connectivity index (χ1) is 8.69. The number of hydrogen-bond acceptors (Lipinski definition) is 2. The molecule has 0 aromatic heterocycles. The van der Waals surface area contributed by atoms with Crippen LogP contribution in [0.15, 0.2) is 24.3 Å². The number of nitrogens with two attached hydrogens (primary N) is 1. The first kappa shape index (κ1) is 16.3. The topological polar surface area (TPSA) is 55.1 Å². The molecule has 106 valence electrons. The number of benzene rings is 1. The largest absolute Gasteiger partial charge is 0.355 e. The van der Waals surface area contributed by atoms with Crippen LogP contribution in [0.2, 0.25) is 5.02 Å². The van der Waals surface area contributed by atoms with Crippen LogP contribution in [0.1, 0.15) is 31.2 Å². The predicted octanol–water partition coefficient (Wildman–Crippen LogP) is 2.65. The zero-order valence-electron chi connectivity index (χ0n) is 10.8. The lowest BCUT2D eigenvalue weighted by Crippen LogP contribution is -2.35. The molecular weight excluding hydrogens is 283 g/mol. The lowest BCUT2D eigenvalue weighted by molar-refractivity contribution is -0.123. The van der Waals surface area contributed by atoms with Crippen LogP contribution in [-0.4, -0.2) is 19.0 Å². The summed E-state index contributed by atoms with van der Waals surface area (Å²) in [5, 5.41) is 3.69. The van der Waals surface area contributed by atoms with Crippen LogP contribution in [-0.2, 0) is 10.2 Å². The van der Waals surface area contributed by atoms with Crippen LogP contribution in [0.3, 0.4) is 0 Å². The van der Waals surface area contributed by atoms with Crippen molar-refractivity contribution in [2.45, 2.75) is 31.1 Å². The Kier molecular flexibility index (Phi) is 6.11. The van der Waals surface area contributed by atoms with Gasteiger partial charge < -0.3 is 11.1 Å². The van der Waals surface area contributed by atoms with Crippen molar-refractivity contribution in [3.05, 3.63) is 34.9 Å². The van der Waals surface area contributed by atoms with Crippen molar-refractivity contribution in [1.82, 2.24) is 5.32 Å². The van der Waals surface area contributed by atoms with Gasteiger partial charge in [0.2, 0.25) is 5.91 Å². The highest BCUT2D eigenvalue weighted by Gasteiger charge is 2.51. The Balaban J connectivity index is 0.00000180. The van der Waals surface area contributed by atoms with Crippen molar-refractivity contribution in [3.63, 3.8) is 0 Å². The van der Waals surface area contributed by atoms with Gasteiger partial charge in [0.15, 0.2) is 0 Å². The molecule has 1 aliphatic rings. The summed E-state index contributed by atoms with van der Waals surface area (Å²) in [5.74, 6) is 0.127. The van der Waals surface area contributed by atoms with E-state index in [0.717, 1.165) is 31.2 Å². The molecule has 0 heterocycles. The van der Waals surface area contributed by atoms with Crippen LogP contribution < -0.4 is 11.1 Å². The number of nitrogens with one attached hydrogen (secondary N) is 1. The Hall–Kier alpha value is -0.770. The van der Waals surface area contributed by atoms with Gasteiger partial charge >= 0.3 is 0 Å².